The molecule has 0 aliphatic heterocycles. The maximum Gasteiger partial charge on any atom is 0.257 e. The molecule has 0 spiro atoms. The number of hydrogen-bond acceptors (Lipinski definition) is 2. The molecule has 0 fully saturated rings. The van der Waals surface area contributed by atoms with E-state index in [0.717, 1.165) is 6.07 Å². The molecule has 0 heterocycles. The number of para-hydroxylation sites is 1. The summed E-state index contributed by atoms with van der Waals surface area (Å²) in [4.78, 5) is 12.2. The van der Waals surface area contributed by atoms with E-state index in [1.807, 2.05) is 0 Å². The summed E-state index contributed by atoms with van der Waals surface area (Å²) in [6.07, 6.45) is 0. The third-order valence-corrected chi connectivity index (χ3v) is 3.02. The largest absolute Gasteiger partial charge is 0.382 e. The Hall–Kier alpha value is -2.14. The van der Waals surface area contributed by atoms with Gasteiger partial charge in [0.2, 0.25) is 0 Å². The van der Waals surface area contributed by atoms with E-state index in [4.69, 9.17) is 11.6 Å². The van der Waals surface area contributed by atoms with Gasteiger partial charge in [0, 0.05) is 11.6 Å². The second-order valence-corrected chi connectivity index (χ2v) is 4.71. The summed E-state index contributed by atoms with van der Waals surface area (Å²) in [5.74, 6) is -1.78. The SMILES string of the molecule is CCNc1c(F)cccc1C(=O)Nc1cc(Cl)ccc1F. The van der Waals surface area contributed by atoms with Gasteiger partial charge in [0.15, 0.2) is 0 Å². The first-order chi connectivity index (χ1) is 10.0. The third-order valence-electron chi connectivity index (χ3n) is 2.79. The molecule has 21 heavy (non-hydrogen) atoms. The van der Waals surface area contributed by atoms with Gasteiger partial charge in [-0.15, -0.1) is 0 Å². The van der Waals surface area contributed by atoms with Gasteiger partial charge in [-0.25, -0.2) is 8.78 Å². The molecule has 0 bridgehead atoms. The number of carbonyl (C=O) groups excluding carboxylic acids is 1. The van der Waals surface area contributed by atoms with E-state index in [-0.39, 0.29) is 22.0 Å². The third kappa shape index (κ3) is 3.49. The van der Waals surface area contributed by atoms with Crippen molar-refractivity contribution >= 4 is 28.9 Å². The molecule has 2 rings (SSSR count). The van der Waals surface area contributed by atoms with Crippen LogP contribution in [0.25, 0.3) is 0 Å². The number of anilines is 2. The number of benzene rings is 2. The lowest BCUT2D eigenvalue weighted by Gasteiger charge is -2.12. The van der Waals surface area contributed by atoms with Crippen LogP contribution in [0.3, 0.4) is 0 Å². The van der Waals surface area contributed by atoms with Crippen molar-refractivity contribution in [3.05, 3.63) is 58.6 Å². The highest BCUT2D eigenvalue weighted by molar-refractivity contribution is 6.31. The van der Waals surface area contributed by atoms with Crippen molar-refractivity contribution in [3.8, 4) is 0 Å². The van der Waals surface area contributed by atoms with Crippen LogP contribution in [0.15, 0.2) is 36.4 Å². The monoisotopic (exact) mass is 310 g/mol. The van der Waals surface area contributed by atoms with Crippen LogP contribution in [-0.4, -0.2) is 12.5 Å². The molecule has 3 nitrogen and oxygen atoms in total. The van der Waals surface area contributed by atoms with E-state index in [0.29, 0.717) is 6.54 Å². The Balaban J connectivity index is 2.32. The second-order valence-electron chi connectivity index (χ2n) is 4.27. The summed E-state index contributed by atoms with van der Waals surface area (Å²) in [7, 11) is 0. The van der Waals surface area contributed by atoms with Gasteiger partial charge < -0.3 is 10.6 Å². The molecule has 2 aromatic rings. The quantitative estimate of drug-likeness (QED) is 0.884. The van der Waals surface area contributed by atoms with Crippen LogP contribution in [0.5, 0.6) is 0 Å². The number of carbonyl (C=O) groups is 1. The summed E-state index contributed by atoms with van der Waals surface area (Å²) in [6.45, 7) is 2.23. The number of rotatable bonds is 4. The lowest BCUT2D eigenvalue weighted by molar-refractivity contribution is 0.102. The Kier molecular flexibility index (Phi) is 4.75. The minimum absolute atomic E-state index is 0.0563. The fourth-order valence-corrected chi connectivity index (χ4v) is 2.02. The molecular weight excluding hydrogens is 298 g/mol. The maximum atomic E-state index is 13.7. The van der Waals surface area contributed by atoms with Gasteiger partial charge in [0.25, 0.3) is 5.91 Å². The van der Waals surface area contributed by atoms with Crippen LogP contribution < -0.4 is 10.6 Å². The zero-order chi connectivity index (χ0) is 15.4. The number of halogens is 3. The Morgan fingerprint density at radius 3 is 2.67 bits per heavy atom. The minimum atomic E-state index is -0.619. The minimum Gasteiger partial charge on any atom is -0.382 e. The molecular formula is C15H13ClF2N2O. The van der Waals surface area contributed by atoms with Crippen LogP contribution in [0.4, 0.5) is 20.2 Å². The van der Waals surface area contributed by atoms with Gasteiger partial charge in [-0.05, 0) is 37.3 Å². The van der Waals surface area contributed by atoms with Crippen molar-refractivity contribution in [3.63, 3.8) is 0 Å². The van der Waals surface area contributed by atoms with Gasteiger partial charge in [-0.1, -0.05) is 17.7 Å². The highest BCUT2D eigenvalue weighted by atomic mass is 35.5. The molecule has 0 unspecified atom stereocenters. The normalized spacial score (nSPS) is 10.3. The Bertz CT molecular complexity index is 677. The van der Waals surface area contributed by atoms with Crippen molar-refractivity contribution in [2.24, 2.45) is 0 Å². The van der Waals surface area contributed by atoms with Gasteiger partial charge in [-0.2, -0.15) is 0 Å². The average Bonchev–Trinajstić information content (AvgIpc) is 2.45. The average molecular weight is 311 g/mol. The Morgan fingerprint density at radius 2 is 1.95 bits per heavy atom. The summed E-state index contributed by atoms with van der Waals surface area (Å²) in [5.41, 5.74) is 0.121. The van der Waals surface area contributed by atoms with Gasteiger partial charge in [0.1, 0.15) is 11.6 Å². The molecule has 110 valence electrons. The second kappa shape index (κ2) is 6.54. The molecule has 0 atom stereocenters. The summed E-state index contributed by atoms with van der Waals surface area (Å²) in [5, 5.41) is 5.46. The standard InChI is InChI=1S/C15H13ClF2N2O/c1-2-19-14-10(4-3-5-12(14)18)15(21)20-13-8-9(16)6-7-11(13)17/h3-8,19H,2H2,1H3,(H,20,21). The van der Waals surface area contributed by atoms with Crippen LogP contribution in [0.2, 0.25) is 5.02 Å². The van der Waals surface area contributed by atoms with Crippen LogP contribution in [-0.2, 0) is 0 Å². The van der Waals surface area contributed by atoms with Crippen molar-refractivity contribution < 1.29 is 13.6 Å². The summed E-state index contributed by atoms with van der Waals surface area (Å²) < 4.78 is 27.4. The molecule has 0 saturated carbocycles. The fourth-order valence-electron chi connectivity index (χ4n) is 1.85. The van der Waals surface area contributed by atoms with Crippen LogP contribution in [0.1, 0.15) is 17.3 Å². The van der Waals surface area contributed by atoms with Gasteiger partial charge >= 0.3 is 0 Å². The fraction of sp³-hybridized carbons (Fsp3) is 0.133. The maximum absolute atomic E-state index is 13.7. The first kappa shape index (κ1) is 15.3. The van der Waals surface area contributed by atoms with Gasteiger partial charge in [0.05, 0.1) is 16.9 Å². The highest BCUT2D eigenvalue weighted by Crippen LogP contribution is 2.23. The van der Waals surface area contributed by atoms with Crippen molar-refractivity contribution in [2.45, 2.75) is 6.92 Å². The van der Waals surface area contributed by atoms with E-state index in [2.05, 4.69) is 10.6 Å². The first-order valence-electron chi connectivity index (χ1n) is 6.31. The number of nitrogens with one attached hydrogen (secondary N) is 2. The lowest BCUT2D eigenvalue weighted by atomic mass is 10.1. The van der Waals surface area contributed by atoms with E-state index >= 15 is 0 Å². The molecule has 2 N–H and O–H groups in total. The predicted molar refractivity (Wildman–Crippen MR) is 79.9 cm³/mol. The molecule has 0 aromatic heterocycles. The van der Waals surface area contributed by atoms with Crippen LogP contribution >= 0.6 is 11.6 Å². The topological polar surface area (TPSA) is 41.1 Å². The smallest absolute Gasteiger partial charge is 0.257 e. The Morgan fingerprint density at radius 1 is 1.19 bits per heavy atom. The van der Waals surface area contributed by atoms with Crippen molar-refractivity contribution in [2.75, 3.05) is 17.2 Å². The summed E-state index contributed by atoms with van der Waals surface area (Å²) in [6, 6.07) is 7.93. The zero-order valence-electron chi connectivity index (χ0n) is 11.2. The summed E-state index contributed by atoms with van der Waals surface area (Å²) >= 11 is 5.76. The number of hydrogen-bond donors (Lipinski definition) is 2. The molecule has 0 radical (unpaired) electrons. The molecule has 0 aliphatic rings. The highest BCUT2D eigenvalue weighted by Gasteiger charge is 2.16. The molecule has 0 aliphatic carbocycles. The van der Waals surface area contributed by atoms with E-state index in [1.54, 1.807) is 6.92 Å². The van der Waals surface area contributed by atoms with Crippen LogP contribution in [0, 0.1) is 11.6 Å². The predicted octanol–water partition coefficient (Wildman–Crippen LogP) is 4.30. The molecule has 2 aromatic carbocycles. The number of amides is 1. The Labute approximate surface area is 125 Å². The molecule has 0 saturated heterocycles. The zero-order valence-corrected chi connectivity index (χ0v) is 12.0. The van der Waals surface area contributed by atoms with Crippen molar-refractivity contribution in [1.82, 2.24) is 0 Å². The van der Waals surface area contributed by atoms with Crippen molar-refractivity contribution in [1.29, 1.82) is 0 Å². The first-order valence-corrected chi connectivity index (χ1v) is 6.69. The van der Waals surface area contributed by atoms with E-state index in [9.17, 15) is 13.6 Å². The molecule has 1 amide bonds. The van der Waals surface area contributed by atoms with Gasteiger partial charge in [-0.3, -0.25) is 4.79 Å². The lowest BCUT2D eigenvalue weighted by Crippen LogP contribution is -2.16. The van der Waals surface area contributed by atoms with E-state index in [1.165, 1.54) is 30.3 Å². The van der Waals surface area contributed by atoms with E-state index < -0.39 is 17.5 Å². The molecule has 6 heteroatoms.